The van der Waals surface area contributed by atoms with Gasteiger partial charge in [-0.1, -0.05) is 0 Å². The Morgan fingerprint density at radius 3 is 1.25 bits per heavy atom. The van der Waals surface area contributed by atoms with Crippen molar-refractivity contribution in [1.82, 2.24) is 0 Å². The molecule has 0 saturated heterocycles. The molecule has 0 aromatic carbocycles. The normalized spacial score (nSPS) is 1.25. The van der Waals surface area contributed by atoms with E-state index in [0.717, 1.165) is 0 Å². The van der Waals surface area contributed by atoms with Crippen molar-refractivity contribution in [3.05, 3.63) is 0 Å². The maximum Gasteiger partial charge on any atom is -0.0149 e. The van der Waals surface area contributed by atoms with Gasteiger partial charge in [-0.15, -0.1) is 0 Å². The largest absolute Gasteiger partial charge is 0.0149 e. The maximum absolute atomic E-state index is 8.00. The number of hydrogen-bond donors (Lipinski definition) is 0. The summed E-state index contributed by atoms with van der Waals surface area (Å²) >= 11 is 2.00. The van der Waals surface area contributed by atoms with E-state index in [0.29, 0.717) is 0 Å². The summed E-state index contributed by atoms with van der Waals surface area (Å²) in [6.07, 6.45) is 0. The fraction of sp³-hybridized carbons (Fsp3) is 0. The standard InChI is InChI=1S/Fe.Li.O.H4Si.H/h;;;1H4;. The fourth-order valence-corrected chi connectivity index (χ4v) is 0. The Balaban J connectivity index is -0.00000000500. The molecular formula is H5FeLiOSi. The third-order valence-electron chi connectivity index (χ3n) is 0. The molecule has 24 valence electrons. The maximum atomic E-state index is 8.00. The first-order valence-electron chi connectivity index (χ1n) is 0.144. The molecule has 0 unspecified atom stereocenters. The Morgan fingerprint density at radius 1 is 1.25 bits per heavy atom. The summed E-state index contributed by atoms with van der Waals surface area (Å²) in [6.45, 7) is 0. The molecule has 0 heterocycles. The summed E-state index contributed by atoms with van der Waals surface area (Å²) in [5, 5.41) is 0. The van der Waals surface area contributed by atoms with E-state index in [1.807, 2.05) is 15.9 Å². The van der Waals surface area contributed by atoms with Crippen LogP contribution in [0.4, 0.5) is 0 Å². The molecule has 0 saturated carbocycles. The molecule has 0 aromatic rings. The van der Waals surface area contributed by atoms with E-state index in [1.54, 1.807) is 0 Å². The van der Waals surface area contributed by atoms with Gasteiger partial charge >= 0.3 is 38.6 Å². The van der Waals surface area contributed by atoms with E-state index in [2.05, 4.69) is 0 Å². The number of hydrogen-bond acceptors (Lipinski definition) is 1. The summed E-state index contributed by atoms with van der Waals surface area (Å²) in [4.78, 5) is 0. The van der Waals surface area contributed by atoms with Gasteiger partial charge in [0.05, 0.1) is 0 Å². The van der Waals surface area contributed by atoms with Crippen LogP contribution in [0.3, 0.4) is 0 Å². The second kappa shape index (κ2) is 31.6. The van der Waals surface area contributed by atoms with Crippen LogP contribution in [-0.2, 0) is 19.8 Å². The van der Waals surface area contributed by atoms with Crippen LogP contribution >= 0.6 is 0 Å². The smallest absolute Gasteiger partial charge is 0.0149 e. The van der Waals surface area contributed by atoms with Crippen LogP contribution in [0.15, 0.2) is 0 Å². The molecule has 0 radical (unpaired) electrons. The predicted molar refractivity (Wildman–Crippen MR) is 19.2 cm³/mol. The fourth-order valence-electron chi connectivity index (χ4n) is 0. The average Bonchev–Trinajstić information content (AvgIpc) is 1.00. The second-order valence-corrected chi connectivity index (χ2v) is 0. The Bertz CT molecular complexity index is 8.00. The average molecular weight is 112 g/mol. The number of rotatable bonds is 0. The molecule has 0 atom stereocenters. The van der Waals surface area contributed by atoms with Crippen LogP contribution in [0, 0.1) is 0 Å². The molecule has 0 amide bonds. The molecule has 0 fully saturated rings. The van der Waals surface area contributed by atoms with Crippen molar-refractivity contribution >= 4 is 29.8 Å². The molecule has 0 aliphatic heterocycles. The third-order valence-corrected chi connectivity index (χ3v) is 0. The van der Waals surface area contributed by atoms with Gasteiger partial charge in [0.2, 0.25) is 0 Å². The zero-order valence-corrected chi connectivity index (χ0v) is 1.87. The van der Waals surface area contributed by atoms with Gasteiger partial charge in [-0.05, 0) is 11.0 Å². The third kappa shape index (κ3) is 11.1. The molecule has 0 aliphatic rings. The van der Waals surface area contributed by atoms with Crippen molar-refractivity contribution in [2.24, 2.45) is 0 Å². The van der Waals surface area contributed by atoms with E-state index in [-0.39, 0.29) is 29.8 Å². The second-order valence-electron chi connectivity index (χ2n) is 0. The van der Waals surface area contributed by atoms with Gasteiger partial charge in [0, 0.05) is 0 Å². The van der Waals surface area contributed by atoms with Crippen LogP contribution in [0.5, 0.6) is 0 Å². The van der Waals surface area contributed by atoms with Crippen molar-refractivity contribution < 1.29 is 19.8 Å². The first-order valence-corrected chi connectivity index (χ1v) is 0.595. The minimum Gasteiger partial charge on any atom is -0.0149 e. The summed E-state index contributed by atoms with van der Waals surface area (Å²) < 4.78 is 8.00. The zero-order valence-electron chi connectivity index (χ0n) is 0.762. The van der Waals surface area contributed by atoms with Crippen molar-refractivity contribution in [1.29, 1.82) is 0 Å². The van der Waals surface area contributed by atoms with E-state index in [1.165, 1.54) is 0 Å². The first-order chi connectivity index (χ1) is 1.00. The Morgan fingerprint density at radius 2 is 1.25 bits per heavy atom. The van der Waals surface area contributed by atoms with Crippen LogP contribution in [-0.4, -0.2) is 29.8 Å². The Kier molecular flexibility index (Phi) is 152. The van der Waals surface area contributed by atoms with E-state index in [4.69, 9.17) is 3.83 Å². The molecule has 0 aliphatic carbocycles. The predicted octanol–water partition coefficient (Wildman–Crippen LogP) is -2.22. The van der Waals surface area contributed by atoms with Gasteiger partial charge in [0.15, 0.2) is 0 Å². The molecule has 1 nitrogen and oxygen atoms in total. The summed E-state index contributed by atoms with van der Waals surface area (Å²) in [5.41, 5.74) is 0. The van der Waals surface area contributed by atoms with Gasteiger partial charge in [0.1, 0.15) is 0 Å². The van der Waals surface area contributed by atoms with E-state index in [9.17, 15) is 0 Å². The Hall–Kier alpha value is 1.13. The van der Waals surface area contributed by atoms with Crippen molar-refractivity contribution in [2.45, 2.75) is 0 Å². The quantitative estimate of drug-likeness (QED) is 0.324. The monoisotopic (exact) mass is 112 g/mol. The van der Waals surface area contributed by atoms with E-state index < -0.39 is 0 Å². The Labute approximate surface area is 49.8 Å². The minimum absolute atomic E-state index is 0. The van der Waals surface area contributed by atoms with Crippen molar-refractivity contribution in [2.75, 3.05) is 0 Å². The van der Waals surface area contributed by atoms with Crippen LogP contribution in [0.25, 0.3) is 0 Å². The minimum atomic E-state index is 0. The van der Waals surface area contributed by atoms with Gasteiger partial charge < -0.3 is 0 Å². The summed E-state index contributed by atoms with van der Waals surface area (Å²) in [6, 6.07) is 0. The van der Waals surface area contributed by atoms with Crippen molar-refractivity contribution in [3.8, 4) is 0 Å². The SMILES string of the molecule is [LiH].[O]=[Fe].[SiH4]. The molecule has 0 bridgehead atoms. The van der Waals surface area contributed by atoms with E-state index >= 15 is 0 Å². The topological polar surface area (TPSA) is 17.1 Å². The van der Waals surface area contributed by atoms with Crippen LogP contribution in [0.2, 0.25) is 0 Å². The van der Waals surface area contributed by atoms with Gasteiger partial charge in [-0.3, -0.25) is 0 Å². The van der Waals surface area contributed by atoms with Crippen LogP contribution in [0.1, 0.15) is 0 Å². The molecule has 0 N–H and O–H groups in total. The van der Waals surface area contributed by atoms with Gasteiger partial charge in [0.25, 0.3) is 0 Å². The van der Waals surface area contributed by atoms with Gasteiger partial charge in [-0.2, -0.15) is 0 Å². The molecule has 4 heteroatoms. The summed E-state index contributed by atoms with van der Waals surface area (Å²) in [5.74, 6) is 0. The van der Waals surface area contributed by atoms with Crippen molar-refractivity contribution in [3.63, 3.8) is 0 Å². The molecule has 0 spiro atoms. The first kappa shape index (κ1) is 19.3. The zero-order chi connectivity index (χ0) is 2.00. The molecule has 0 aromatic heterocycles. The van der Waals surface area contributed by atoms with Gasteiger partial charge in [-0.25, -0.2) is 0 Å². The van der Waals surface area contributed by atoms with Crippen LogP contribution < -0.4 is 0 Å². The summed E-state index contributed by atoms with van der Waals surface area (Å²) in [7, 11) is 0. The molecule has 4 heavy (non-hydrogen) atoms. The molecule has 0 rings (SSSR count). The molecular weight excluding hydrogens is 107 g/mol.